The summed E-state index contributed by atoms with van der Waals surface area (Å²) in [5, 5.41) is 2.89. The maximum atomic E-state index is 12.4. The summed E-state index contributed by atoms with van der Waals surface area (Å²) in [5.74, 6) is -0.680. The number of benzene rings is 1. The van der Waals surface area contributed by atoms with Crippen LogP contribution in [0.1, 0.15) is 46.0 Å². The number of likely N-dealkylation sites (N-methyl/N-ethyl adjacent to an activating group) is 1. The van der Waals surface area contributed by atoms with Crippen molar-refractivity contribution >= 4 is 17.6 Å². The van der Waals surface area contributed by atoms with E-state index in [0.29, 0.717) is 36.6 Å². The summed E-state index contributed by atoms with van der Waals surface area (Å²) in [6.07, 6.45) is 0. The largest absolute Gasteiger partial charge is 0.462 e. The van der Waals surface area contributed by atoms with Crippen LogP contribution in [-0.2, 0) is 4.74 Å². The molecule has 1 aromatic carbocycles. The third-order valence-corrected chi connectivity index (χ3v) is 4.32. The molecule has 2 rings (SSSR count). The number of pyridine rings is 1. The maximum absolute atomic E-state index is 12.4. The molecule has 6 heteroatoms. The highest BCUT2D eigenvalue weighted by molar-refractivity contribution is 5.95. The van der Waals surface area contributed by atoms with Gasteiger partial charge in [-0.1, -0.05) is 18.2 Å². The van der Waals surface area contributed by atoms with Gasteiger partial charge in [-0.2, -0.15) is 0 Å². The number of aryl methyl sites for hydroxylation is 2. The van der Waals surface area contributed by atoms with Crippen LogP contribution in [0.3, 0.4) is 0 Å². The van der Waals surface area contributed by atoms with Gasteiger partial charge in [-0.15, -0.1) is 0 Å². The highest BCUT2D eigenvalue weighted by atomic mass is 16.5. The van der Waals surface area contributed by atoms with Gasteiger partial charge in [0.05, 0.1) is 17.9 Å². The highest BCUT2D eigenvalue weighted by Gasteiger charge is 2.15. The third-order valence-electron chi connectivity index (χ3n) is 4.32. The fourth-order valence-corrected chi connectivity index (χ4v) is 2.87. The number of esters is 1. The van der Waals surface area contributed by atoms with Gasteiger partial charge >= 0.3 is 5.97 Å². The molecule has 1 N–H and O–H groups in total. The summed E-state index contributed by atoms with van der Waals surface area (Å²) in [6.45, 7) is 9.97. The van der Waals surface area contributed by atoms with Gasteiger partial charge in [0.15, 0.2) is 0 Å². The molecule has 0 aliphatic rings. The summed E-state index contributed by atoms with van der Waals surface area (Å²) in [4.78, 5) is 30.6. The standard InChI is InChI=1S/C21H27N3O3/c1-5-24(19-10-8-7-9-15(19)3)14-13-22-20(25)18-12-11-17(16(4)23-18)21(26)27-6-2/h7-12H,5-6,13-14H2,1-4H3,(H,22,25). The van der Waals surface area contributed by atoms with Gasteiger partial charge in [0, 0.05) is 25.3 Å². The molecule has 144 valence electrons. The first kappa shape index (κ1) is 20.4. The predicted molar refractivity (Wildman–Crippen MR) is 106 cm³/mol. The fourth-order valence-electron chi connectivity index (χ4n) is 2.87. The van der Waals surface area contributed by atoms with Crippen LogP contribution in [-0.4, -0.2) is 43.1 Å². The Bertz CT molecular complexity index is 805. The van der Waals surface area contributed by atoms with E-state index in [-0.39, 0.29) is 5.91 Å². The minimum absolute atomic E-state index is 0.255. The zero-order chi connectivity index (χ0) is 19.8. The third kappa shape index (κ3) is 5.29. The van der Waals surface area contributed by atoms with Crippen LogP contribution in [0, 0.1) is 13.8 Å². The van der Waals surface area contributed by atoms with Crippen LogP contribution >= 0.6 is 0 Å². The molecule has 6 nitrogen and oxygen atoms in total. The van der Waals surface area contributed by atoms with Gasteiger partial charge in [-0.25, -0.2) is 9.78 Å². The van der Waals surface area contributed by atoms with Crippen molar-refractivity contribution in [3.05, 3.63) is 58.9 Å². The Morgan fingerprint density at radius 2 is 1.85 bits per heavy atom. The number of nitrogens with one attached hydrogen (secondary N) is 1. The Kier molecular flexibility index (Phi) is 7.34. The van der Waals surface area contributed by atoms with E-state index in [1.54, 1.807) is 26.0 Å². The van der Waals surface area contributed by atoms with E-state index < -0.39 is 5.97 Å². The van der Waals surface area contributed by atoms with E-state index in [9.17, 15) is 9.59 Å². The molecule has 0 radical (unpaired) electrons. The Labute approximate surface area is 160 Å². The van der Waals surface area contributed by atoms with Crippen LogP contribution in [0.2, 0.25) is 0 Å². The van der Waals surface area contributed by atoms with E-state index in [1.165, 1.54) is 11.3 Å². The fraction of sp³-hybridized carbons (Fsp3) is 0.381. The lowest BCUT2D eigenvalue weighted by Gasteiger charge is -2.25. The zero-order valence-corrected chi connectivity index (χ0v) is 16.4. The van der Waals surface area contributed by atoms with Crippen molar-refractivity contribution in [1.29, 1.82) is 0 Å². The first-order valence-corrected chi connectivity index (χ1v) is 9.21. The Balaban J connectivity index is 1.96. The average Bonchev–Trinajstić information content (AvgIpc) is 2.66. The van der Waals surface area contributed by atoms with Crippen molar-refractivity contribution in [3.8, 4) is 0 Å². The van der Waals surface area contributed by atoms with Gasteiger partial charge in [0.2, 0.25) is 0 Å². The van der Waals surface area contributed by atoms with Crippen LogP contribution in [0.25, 0.3) is 0 Å². The van der Waals surface area contributed by atoms with Crippen LogP contribution in [0.15, 0.2) is 36.4 Å². The van der Waals surface area contributed by atoms with Crippen molar-refractivity contribution in [3.63, 3.8) is 0 Å². The van der Waals surface area contributed by atoms with E-state index in [1.807, 2.05) is 12.1 Å². The van der Waals surface area contributed by atoms with Gasteiger partial charge in [0.25, 0.3) is 5.91 Å². The zero-order valence-electron chi connectivity index (χ0n) is 16.4. The summed E-state index contributed by atoms with van der Waals surface area (Å²) in [6, 6.07) is 11.3. The van der Waals surface area contributed by atoms with Gasteiger partial charge < -0.3 is 15.0 Å². The number of rotatable bonds is 8. The first-order valence-electron chi connectivity index (χ1n) is 9.21. The molecule has 0 saturated carbocycles. The van der Waals surface area contributed by atoms with Crippen molar-refractivity contribution in [2.75, 3.05) is 31.1 Å². The number of carbonyl (C=O) groups excluding carboxylic acids is 2. The molecule has 27 heavy (non-hydrogen) atoms. The second-order valence-corrected chi connectivity index (χ2v) is 6.17. The highest BCUT2D eigenvalue weighted by Crippen LogP contribution is 2.18. The average molecular weight is 369 g/mol. The lowest BCUT2D eigenvalue weighted by molar-refractivity contribution is 0.0524. The van der Waals surface area contributed by atoms with E-state index in [0.717, 1.165) is 6.54 Å². The Morgan fingerprint density at radius 3 is 2.48 bits per heavy atom. The number of hydrogen-bond acceptors (Lipinski definition) is 5. The lowest BCUT2D eigenvalue weighted by atomic mass is 10.1. The van der Waals surface area contributed by atoms with Gasteiger partial charge in [-0.3, -0.25) is 4.79 Å². The maximum Gasteiger partial charge on any atom is 0.339 e. The second kappa shape index (κ2) is 9.71. The molecule has 0 atom stereocenters. The van der Waals surface area contributed by atoms with Crippen LogP contribution < -0.4 is 10.2 Å². The molecule has 0 unspecified atom stereocenters. The molecule has 0 bridgehead atoms. The summed E-state index contributed by atoms with van der Waals surface area (Å²) in [7, 11) is 0. The van der Waals surface area contributed by atoms with E-state index in [2.05, 4.69) is 41.2 Å². The molecule has 1 aromatic heterocycles. The van der Waals surface area contributed by atoms with Crippen molar-refractivity contribution < 1.29 is 14.3 Å². The predicted octanol–water partition coefficient (Wildman–Crippen LogP) is 3.13. The quantitative estimate of drug-likeness (QED) is 0.724. The van der Waals surface area contributed by atoms with Crippen LogP contribution in [0.5, 0.6) is 0 Å². The monoisotopic (exact) mass is 369 g/mol. The second-order valence-electron chi connectivity index (χ2n) is 6.17. The molecule has 2 aromatic rings. The number of para-hydroxylation sites is 1. The molecule has 0 aliphatic heterocycles. The van der Waals surface area contributed by atoms with Gasteiger partial charge in [-0.05, 0) is 51.5 Å². The number of nitrogens with zero attached hydrogens (tertiary/aromatic N) is 2. The molecular weight excluding hydrogens is 342 g/mol. The number of ether oxygens (including phenoxy) is 1. The van der Waals surface area contributed by atoms with E-state index >= 15 is 0 Å². The van der Waals surface area contributed by atoms with Crippen molar-refractivity contribution in [1.82, 2.24) is 10.3 Å². The Hall–Kier alpha value is -2.89. The lowest BCUT2D eigenvalue weighted by Crippen LogP contribution is -2.35. The normalized spacial score (nSPS) is 10.4. The van der Waals surface area contributed by atoms with Crippen molar-refractivity contribution in [2.45, 2.75) is 27.7 Å². The number of hydrogen-bond donors (Lipinski definition) is 1. The smallest absolute Gasteiger partial charge is 0.339 e. The number of amides is 1. The molecular formula is C21H27N3O3. The molecule has 1 heterocycles. The molecule has 0 fully saturated rings. The summed E-state index contributed by atoms with van der Waals surface area (Å²) in [5.41, 5.74) is 3.53. The Morgan fingerprint density at radius 1 is 1.11 bits per heavy atom. The topological polar surface area (TPSA) is 71.5 Å². The number of aromatic nitrogens is 1. The number of anilines is 1. The number of carbonyl (C=O) groups is 2. The SMILES string of the molecule is CCOC(=O)c1ccc(C(=O)NCCN(CC)c2ccccc2C)nc1C. The molecule has 0 saturated heterocycles. The van der Waals surface area contributed by atoms with Crippen molar-refractivity contribution in [2.24, 2.45) is 0 Å². The van der Waals surface area contributed by atoms with Gasteiger partial charge in [0.1, 0.15) is 5.69 Å². The molecule has 0 aliphatic carbocycles. The molecule has 1 amide bonds. The molecule has 0 spiro atoms. The summed E-state index contributed by atoms with van der Waals surface area (Å²) >= 11 is 0. The minimum Gasteiger partial charge on any atom is -0.462 e. The minimum atomic E-state index is -0.425. The first-order chi connectivity index (χ1) is 13.0. The van der Waals surface area contributed by atoms with Crippen LogP contribution in [0.4, 0.5) is 5.69 Å². The summed E-state index contributed by atoms with van der Waals surface area (Å²) < 4.78 is 4.98. The van der Waals surface area contributed by atoms with E-state index in [4.69, 9.17) is 4.74 Å².